The van der Waals surface area contributed by atoms with Crippen molar-refractivity contribution in [2.45, 2.75) is 19.3 Å². The highest BCUT2D eigenvalue weighted by atomic mass is 35.5. The minimum atomic E-state index is -0.980. The summed E-state index contributed by atoms with van der Waals surface area (Å²) in [5.41, 5.74) is 0.791. The average molecular weight is 339 g/mol. The molecule has 124 valence electrons. The van der Waals surface area contributed by atoms with Gasteiger partial charge in [0.2, 0.25) is 11.8 Å². The molecular formula is C16H19ClN2O4. The summed E-state index contributed by atoms with van der Waals surface area (Å²) in [5.74, 6) is -1.17. The van der Waals surface area contributed by atoms with E-state index in [2.05, 4.69) is 0 Å². The molecule has 1 aliphatic heterocycles. The maximum absolute atomic E-state index is 12.3. The number of halogens is 1. The first-order chi connectivity index (χ1) is 11.0. The number of carbonyl (C=O) groups is 3. The summed E-state index contributed by atoms with van der Waals surface area (Å²) in [7, 11) is 0. The maximum Gasteiger partial charge on any atom is 0.303 e. The molecule has 0 radical (unpaired) electrons. The lowest BCUT2D eigenvalue weighted by molar-refractivity contribution is -0.142. The normalized spacial score (nSPS) is 14.7. The highest BCUT2D eigenvalue weighted by Gasteiger charge is 2.24. The fourth-order valence-corrected chi connectivity index (χ4v) is 2.70. The Morgan fingerprint density at radius 2 is 1.52 bits per heavy atom. The second kappa shape index (κ2) is 7.97. The zero-order chi connectivity index (χ0) is 16.8. The van der Waals surface area contributed by atoms with E-state index in [1.54, 1.807) is 15.9 Å². The van der Waals surface area contributed by atoms with Crippen LogP contribution in [-0.4, -0.2) is 58.9 Å². The van der Waals surface area contributed by atoms with Crippen molar-refractivity contribution < 1.29 is 19.5 Å². The SMILES string of the molecule is O=C(O)CCC(=O)N1CCN(C(=O)Cc2ccccc2Cl)CC1. The van der Waals surface area contributed by atoms with Gasteiger partial charge in [-0.15, -0.1) is 0 Å². The van der Waals surface area contributed by atoms with E-state index in [4.69, 9.17) is 16.7 Å². The average Bonchev–Trinajstić information content (AvgIpc) is 2.54. The molecule has 7 heteroatoms. The van der Waals surface area contributed by atoms with Gasteiger partial charge < -0.3 is 14.9 Å². The van der Waals surface area contributed by atoms with E-state index in [0.29, 0.717) is 31.2 Å². The Kier molecular flexibility index (Phi) is 5.98. The van der Waals surface area contributed by atoms with E-state index in [-0.39, 0.29) is 31.1 Å². The van der Waals surface area contributed by atoms with Gasteiger partial charge in [-0.3, -0.25) is 14.4 Å². The zero-order valence-corrected chi connectivity index (χ0v) is 13.5. The maximum atomic E-state index is 12.3. The Balaban J connectivity index is 1.82. The van der Waals surface area contributed by atoms with Crippen molar-refractivity contribution in [2.24, 2.45) is 0 Å². The van der Waals surface area contributed by atoms with Crippen LogP contribution < -0.4 is 0 Å². The van der Waals surface area contributed by atoms with Gasteiger partial charge in [0.15, 0.2) is 0 Å². The predicted molar refractivity (Wildman–Crippen MR) is 85.2 cm³/mol. The molecule has 0 bridgehead atoms. The molecule has 6 nitrogen and oxygen atoms in total. The van der Waals surface area contributed by atoms with Crippen molar-refractivity contribution in [3.05, 3.63) is 34.9 Å². The summed E-state index contributed by atoms with van der Waals surface area (Å²) in [5, 5.41) is 9.18. The van der Waals surface area contributed by atoms with Gasteiger partial charge >= 0.3 is 5.97 Å². The van der Waals surface area contributed by atoms with Crippen LogP contribution in [0.15, 0.2) is 24.3 Å². The fourth-order valence-electron chi connectivity index (χ4n) is 2.49. The summed E-state index contributed by atoms with van der Waals surface area (Å²) in [6.45, 7) is 1.80. The van der Waals surface area contributed by atoms with Crippen LogP contribution in [0, 0.1) is 0 Å². The van der Waals surface area contributed by atoms with Gasteiger partial charge in [0.05, 0.1) is 12.8 Å². The zero-order valence-electron chi connectivity index (χ0n) is 12.7. The van der Waals surface area contributed by atoms with Crippen molar-refractivity contribution >= 4 is 29.4 Å². The molecule has 0 saturated carbocycles. The lowest BCUT2D eigenvalue weighted by atomic mass is 10.1. The highest BCUT2D eigenvalue weighted by Crippen LogP contribution is 2.17. The molecule has 1 heterocycles. The Labute approximate surface area is 139 Å². The van der Waals surface area contributed by atoms with Gasteiger partial charge in [0.25, 0.3) is 0 Å². The number of hydrogen-bond donors (Lipinski definition) is 1. The van der Waals surface area contributed by atoms with Gasteiger partial charge in [0.1, 0.15) is 0 Å². The van der Waals surface area contributed by atoms with E-state index in [9.17, 15) is 14.4 Å². The summed E-state index contributed by atoms with van der Waals surface area (Å²) in [6.07, 6.45) is 0.0834. The van der Waals surface area contributed by atoms with Crippen LogP contribution in [0.3, 0.4) is 0 Å². The number of piperazine rings is 1. The molecule has 1 aliphatic rings. The van der Waals surface area contributed by atoms with Gasteiger partial charge in [-0.1, -0.05) is 29.8 Å². The van der Waals surface area contributed by atoms with Crippen LogP contribution in [0.1, 0.15) is 18.4 Å². The van der Waals surface area contributed by atoms with Crippen molar-refractivity contribution in [2.75, 3.05) is 26.2 Å². The van der Waals surface area contributed by atoms with Gasteiger partial charge in [-0.2, -0.15) is 0 Å². The number of carboxylic acids is 1. The summed E-state index contributed by atoms with van der Waals surface area (Å²) in [6, 6.07) is 7.24. The number of nitrogens with zero attached hydrogens (tertiary/aromatic N) is 2. The molecule has 2 amide bonds. The highest BCUT2D eigenvalue weighted by molar-refractivity contribution is 6.31. The minimum absolute atomic E-state index is 0.00288. The van der Waals surface area contributed by atoms with Crippen LogP contribution in [0.4, 0.5) is 0 Å². The second-order valence-corrected chi connectivity index (χ2v) is 5.83. The third-order valence-corrected chi connectivity index (χ3v) is 4.21. The smallest absolute Gasteiger partial charge is 0.303 e. The molecule has 1 fully saturated rings. The number of carbonyl (C=O) groups excluding carboxylic acids is 2. The number of benzene rings is 1. The number of rotatable bonds is 5. The van der Waals surface area contributed by atoms with E-state index in [1.165, 1.54) is 0 Å². The van der Waals surface area contributed by atoms with E-state index in [1.807, 2.05) is 18.2 Å². The summed E-state index contributed by atoms with van der Waals surface area (Å²) in [4.78, 5) is 38.0. The first-order valence-corrected chi connectivity index (χ1v) is 7.86. The second-order valence-electron chi connectivity index (χ2n) is 5.42. The quantitative estimate of drug-likeness (QED) is 0.880. The van der Waals surface area contributed by atoms with E-state index >= 15 is 0 Å². The van der Waals surface area contributed by atoms with Crippen LogP contribution in [0.5, 0.6) is 0 Å². The molecule has 0 unspecified atom stereocenters. The number of carboxylic acid groups (broad SMARTS) is 1. The van der Waals surface area contributed by atoms with Gasteiger partial charge in [-0.05, 0) is 11.6 Å². The topological polar surface area (TPSA) is 77.9 Å². The van der Waals surface area contributed by atoms with Crippen LogP contribution in [-0.2, 0) is 20.8 Å². The predicted octanol–water partition coefficient (Wildman–Crippen LogP) is 1.42. The standard InChI is InChI=1S/C16H19ClN2O4/c17-13-4-2-1-3-12(13)11-15(21)19-9-7-18(8-10-19)14(20)5-6-16(22)23/h1-4H,5-11H2,(H,22,23). The van der Waals surface area contributed by atoms with Gasteiger partial charge in [-0.25, -0.2) is 0 Å². The van der Waals surface area contributed by atoms with E-state index < -0.39 is 5.97 Å². The largest absolute Gasteiger partial charge is 0.481 e. The molecule has 2 rings (SSSR count). The lowest BCUT2D eigenvalue weighted by Gasteiger charge is -2.35. The summed E-state index contributed by atoms with van der Waals surface area (Å²) < 4.78 is 0. The molecule has 1 saturated heterocycles. The molecule has 1 aromatic rings. The Morgan fingerprint density at radius 1 is 0.957 bits per heavy atom. The third-order valence-electron chi connectivity index (χ3n) is 3.84. The molecule has 1 N–H and O–H groups in total. The monoisotopic (exact) mass is 338 g/mol. The fraction of sp³-hybridized carbons (Fsp3) is 0.438. The number of amides is 2. The Bertz CT molecular complexity index is 597. The first-order valence-electron chi connectivity index (χ1n) is 7.48. The first kappa shape index (κ1) is 17.3. The Hall–Kier alpha value is -2.08. The van der Waals surface area contributed by atoms with Crippen LogP contribution in [0.25, 0.3) is 0 Å². The molecule has 0 atom stereocenters. The van der Waals surface area contributed by atoms with Crippen molar-refractivity contribution in [1.29, 1.82) is 0 Å². The molecule has 0 spiro atoms. The van der Waals surface area contributed by atoms with Crippen LogP contribution in [0.2, 0.25) is 5.02 Å². The summed E-state index contributed by atoms with van der Waals surface area (Å²) >= 11 is 6.06. The number of hydrogen-bond acceptors (Lipinski definition) is 3. The lowest BCUT2D eigenvalue weighted by Crippen LogP contribution is -2.51. The Morgan fingerprint density at radius 3 is 2.09 bits per heavy atom. The number of aliphatic carboxylic acids is 1. The molecular weight excluding hydrogens is 320 g/mol. The molecule has 0 aliphatic carbocycles. The van der Waals surface area contributed by atoms with Crippen molar-refractivity contribution in [1.82, 2.24) is 9.80 Å². The minimum Gasteiger partial charge on any atom is -0.481 e. The third kappa shape index (κ3) is 4.96. The van der Waals surface area contributed by atoms with Crippen molar-refractivity contribution in [3.8, 4) is 0 Å². The van der Waals surface area contributed by atoms with E-state index in [0.717, 1.165) is 5.56 Å². The molecule has 1 aromatic carbocycles. The molecule has 23 heavy (non-hydrogen) atoms. The van der Waals surface area contributed by atoms with Gasteiger partial charge in [0, 0.05) is 37.6 Å². The van der Waals surface area contributed by atoms with Crippen LogP contribution >= 0.6 is 11.6 Å². The van der Waals surface area contributed by atoms with Crippen molar-refractivity contribution in [3.63, 3.8) is 0 Å². The molecule has 0 aromatic heterocycles.